The fourth-order valence-electron chi connectivity index (χ4n) is 3.37. The molecule has 0 bridgehead atoms. The predicted octanol–water partition coefficient (Wildman–Crippen LogP) is -0.0469. The molecule has 13 nitrogen and oxygen atoms in total. The maximum atomic E-state index is 12.8. The van der Waals surface area contributed by atoms with Crippen molar-refractivity contribution in [2.75, 3.05) is 17.2 Å². The topological polar surface area (TPSA) is 189 Å². The molecule has 0 saturated carbocycles. The van der Waals surface area contributed by atoms with Gasteiger partial charge in [0.15, 0.2) is 10.8 Å². The van der Waals surface area contributed by atoms with E-state index in [0.29, 0.717) is 23.5 Å². The van der Waals surface area contributed by atoms with Crippen LogP contribution in [0.2, 0.25) is 0 Å². The number of fused-ring (bicyclic) bond motifs is 1. The average molecular weight is 511 g/mol. The second kappa shape index (κ2) is 9.40. The third-order valence-corrected chi connectivity index (χ3v) is 7.75. The van der Waals surface area contributed by atoms with Crippen molar-refractivity contribution in [3.05, 3.63) is 28.5 Å². The van der Waals surface area contributed by atoms with E-state index in [-0.39, 0.29) is 22.2 Å². The van der Waals surface area contributed by atoms with Gasteiger partial charge in [-0.15, -0.1) is 40.0 Å². The number of carbonyl (C=O) groups is 3. The number of carboxylic acid groups (broad SMARTS) is 1. The van der Waals surface area contributed by atoms with Gasteiger partial charge in [-0.1, -0.05) is 5.16 Å². The zero-order valence-electron chi connectivity index (χ0n) is 17.0. The number of nitrogens with two attached hydrogens (primary N) is 1. The van der Waals surface area contributed by atoms with Crippen LogP contribution in [0.5, 0.6) is 0 Å². The number of nitrogens with one attached hydrogen (secondary N) is 1. The van der Waals surface area contributed by atoms with Gasteiger partial charge in [-0.05, 0) is 12.0 Å². The van der Waals surface area contributed by atoms with Crippen molar-refractivity contribution < 1.29 is 24.7 Å². The number of thiazole rings is 1. The number of amides is 2. The fourth-order valence-corrected chi connectivity index (χ4v) is 6.16. The normalized spacial score (nSPS) is 20.5. The average Bonchev–Trinajstić information content (AvgIpc) is 3.39. The summed E-state index contributed by atoms with van der Waals surface area (Å²) < 4.78 is 0. The van der Waals surface area contributed by atoms with E-state index in [9.17, 15) is 24.7 Å². The van der Waals surface area contributed by atoms with E-state index < -0.39 is 29.2 Å². The lowest BCUT2D eigenvalue weighted by molar-refractivity contribution is -0.150. The Hall–Kier alpha value is -3.11. The molecule has 2 amide bonds. The van der Waals surface area contributed by atoms with Crippen LogP contribution in [-0.4, -0.2) is 81.6 Å². The summed E-state index contributed by atoms with van der Waals surface area (Å²) in [7, 11) is 1.71. The third-order valence-electron chi connectivity index (χ3n) is 4.85. The molecule has 33 heavy (non-hydrogen) atoms. The first-order valence-corrected chi connectivity index (χ1v) is 12.3. The molecule has 0 aliphatic carbocycles. The minimum Gasteiger partial charge on any atom is -0.477 e. The predicted molar refractivity (Wildman–Crippen MR) is 121 cm³/mol. The van der Waals surface area contributed by atoms with Crippen LogP contribution in [0.15, 0.2) is 33.0 Å². The summed E-state index contributed by atoms with van der Waals surface area (Å²) in [5.74, 6) is -1.59. The number of nitrogens with zero attached hydrogens (tertiary/aromatic N) is 6. The highest BCUT2D eigenvalue weighted by Crippen LogP contribution is 2.41. The molecule has 0 spiro atoms. The Kier molecular flexibility index (Phi) is 6.57. The van der Waals surface area contributed by atoms with Crippen molar-refractivity contribution in [1.82, 2.24) is 30.2 Å². The van der Waals surface area contributed by atoms with E-state index in [1.54, 1.807) is 13.2 Å². The van der Waals surface area contributed by atoms with Crippen LogP contribution in [0.1, 0.15) is 12.1 Å². The monoisotopic (exact) mass is 510 g/mol. The summed E-state index contributed by atoms with van der Waals surface area (Å²) in [6.45, 7) is 0. The van der Waals surface area contributed by atoms with E-state index in [2.05, 4.69) is 25.7 Å². The van der Waals surface area contributed by atoms with E-state index in [1.165, 1.54) is 38.6 Å². The Bertz CT molecular complexity index is 1180. The van der Waals surface area contributed by atoms with Gasteiger partial charge in [0.05, 0.1) is 6.20 Å². The van der Waals surface area contributed by atoms with Gasteiger partial charge in [-0.2, -0.15) is 9.90 Å². The summed E-state index contributed by atoms with van der Waals surface area (Å²) in [6, 6.07) is -0.958. The number of hydrogen-bond acceptors (Lipinski definition) is 12. The first-order chi connectivity index (χ1) is 15.8. The quantitative estimate of drug-likeness (QED) is 0.122. The SMILES string of the molecule is Cn1ncc(SCCC2=C(C(=O)O)N3C(=O)[C@@H](NC(=O)/C(=N\O)c4csc(N)n4)[C@H]3SC2)n1. The second-order valence-corrected chi connectivity index (χ2v) is 10.0. The number of thioether (sulfide) groups is 2. The summed E-state index contributed by atoms with van der Waals surface area (Å²) in [4.78, 5) is 43.8. The Morgan fingerprint density at radius 2 is 2.24 bits per heavy atom. The number of aromatic nitrogens is 4. The minimum absolute atomic E-state index is 0.0580. The lowest BCUT2D eigenvalue weighted by Gasteiger charge is -2.49. The second-order valence-electron chi connectivity index (χ2n) is 6.91. The van der Waals surface area contributed by atoms with Crippen LogP contribution in [0.25, 0.3) is 0 Å². The first-order valence-electron chi connectivity index (χ1n) is 9.43. The lowest BCUT2D eigenvalue weighted by atomic mass is 10.0. The highest BCUT2D eigenvalue weighted by molar-refractivity contribution is 8.00. The minimum atomic E-state index is -1.20. The van der Waals surface area contributed by atoms with Gasteiger partial charge in [0, 0.05) is 23.9 Å². The molecule has 0 aromatic carbocycles. The van der Waals surface area contributed by atoms with E-state index >= 15 is 0 Å². The van der Waals surface area contributed by atoms with E-state index in [0.717, 1.165) is 16.4 Å². The highest BCUT2D eigenvalue weighted by atomic mass is 32.2. The first kappa shape index (κ1) is 23.1. The highest BCUT2D eigenvalue weighted by Gasteiger charge is 2.54. The van der Waals surface area contributed by atoms with E-state index in [4.69, 9.17) is 5.73 Å². The number of hydrogen-bond donors (Lipinski definition) is 4. The maximum absolute atomic E-state index is 12.8. The van der Waals surface area contributed by atoms with Crippen molar-refractivity contribution >= 4 is 63.5 Å². The molecule has 2 aromatic heterocycles. The summed E-state index contributed by atoms with van der Waals surface area (Å²) in [5.41, 5.74) is 5.82. The van der Waals surface area contributed by atoms with Gasteiger partial charge >= 0.3 is 5.97 Å². The number of β-lactam (4-membered cyclic amide) rings is 1. The van der Waals surface area contributed by atoms with Crippen molar-refractivity contribution in [3.63, 3.8) is 0 Å². The van der Waals surface area contributed by atoms with Crippen LogP contribution in [-0.2, 0) is 21.4 Å². The Morgan fingerprint density at radius 3 is 2.85 bits per heavy atom. The molecule has 0 radical (unpaired) electrons. The van der Waals surface area contributed by atoms with Crippen molar-refractivity contribution in [2.24, 2.45) is 12.2 Å². The number of oxime groups is 1. The fraction of sp³-hybridized carbons (Fsp3) is 0.353. The Morgan fingerprint density at radius 1 is 1.45 bits per heavy atom. The summed E-state index contributed by atoms with van der Waals surface area (Å²) >= 11 is 3.87. The molecule has 16 heteroatoms. The molecule has 2 aliphatic heterocycles. The number of aliphatic carboxylic acids is 1. The molecule has 4 heterocycles. The molecule has 0 unspecified atom stereocenters. The van der Waals surface area contributed by atoms with Gasteiger partial charge in [0.25, 0.3) is 11.8 Å². The molecule has 5 N–H and O–H groups in total. The smallest absolute Gasteiger partial charge is 0.352 e. The van der Waals surface area contributed by atoms with Crippen LogP contribution in [0.3, 0.4) is 0 Å². The number of carbonyl (C=O) groups excluding carboxylic acids is 2. The maximum Gasteiger partial charge on any atom is 0.352 e. The number of rotatable bonds is 8. The van der Waals surface area contributed by atoms with Crippen LogP contribution in [0.4, 0.5) is 5.13 Å². The largest absolute Gasteiger partial charge is 0.477 e. The van der Waals surface area contributed by atoms with Crippen molar-refractivity contribution in [3.8, 4) is 0 Å². The molecule has 2 atom stereocenters. The van der Waals surface area contributed by atoms with Gasteiger partial charge < -0.3 is 21.4 Å². The Labute approximate surface area is 199 Å². The lowest BCUT2D eigenvalue weighted by Crippen LogP contribution is -2.71. The number of aryl methyl sites for hydroxylation is 1. The van der Waals surface area contributed by atoms with Crippen LogP contribution < -0.4 is 11.1 Å². The standard InChI is InChI=1S/C17H18N8O5S3/c1-24-19-4-9(22-24)31-3-2-7-5-32-15-11(14(27)25(15)12(7)16(28)29)21-13(26)10(23-30)8-6-33-17(18)20-8/h4,6,11,15,30H,2-3,5H2,1H3,(H2,18,20)(H,21,26)(H,28,29)/b23-10-/t11-,15-/m1/s1. The molecule has 1 saturated heterocycles. The van der Waals surface area contributed by atoms with E-state index in [1.807, 2.05) is 0 Å². The summed E-state index contributed by atoms with van der Waals surface area (Å²) in [6.07, 6.45) is 2.08. The summed E-state index contributed by atoms with van der Waals surface area (Å²) in [5, 5.41) is 34.4. The number of carboxylic acids is 1. The third kappa shape index (κ3) is 4.53. The molecule has 1 fully saturated rings. The van der Waals surface area contributed by atoms with Crippen molar-refractivity contribution in [1.29, 1.82) is 0 Å². The van der Waals surface area contributed by atoms with Crippen LogP contribution >= 0.6 is 34.9 Å². The van der Waals surface area contributed by atoms with Gasteiger partial charge in [0.1, 0.15) is 27.8 Å². The molecule has 2 aliphatic rings. The zero-order valence-corrected chi connectivity index (χ0v) is 19.5. The zero-order chi connectivity index (χ0) is 23.7. The molecule has 2 aromatic rings. The Balaban J connectivity index is 1.43. The van der Waals surface area contributed by atoms with Gasteiger partial charge in [0.2, 0.25) is 0 Å². The van der Waals surface area contributed by atoms with Crippen molar-refractivity contribution in [2.45, 2.75) is 22.9 Å². The number of anilines is 1. The molecular formula is C17H18N8O5S3. The molecule has 174 valence electrons. The molecular weight excluding hydrogens is 492 g/mol. The van der Waals surface area contributed by atoms with Gasteiger partial charge in [-0.3, -0.25) is 14.5 Å². The van der Waals surface area contributed by atoms with Crippen LogP contribution in [0, 0.1) is 0 Å². The van der Waals surface area contributed by atoms with Gasteiger partial charge in [-0.25, -0.2) is 9.78 Å². The molecule has 4 rings (SSSR count). The number of nitrogen functional groups attached to an aromatic ring is 1.